The van der Waals surface area contributed by atoms with Gasteiger partial charge >= 0.3 is 5.97 Å². The molecule has 126 valence electrons. The van der Waals surface area contributed by atoms with E-state index in [9.17, 15) is 14.7 Å². The fraction of sp³-hybridized carbons (Fsp3) is 0.556. The first-order chi connectivity index (χ1) is 10.8. The normalized spacial score (nSPS) is 21.5. The van der Waals surface area contributed by atoms with E-state index in [4.69, 9.17) is 4.74 Å². The molecule has 1 unspecified atom stereocenters. The Hall–Kier alpha value is -1.88. The molecule has 0 bridgehead atoms. The summed E-state index contributed by atoms with van der Waals surface area (Å²) in [5.41, 5.74) is 0.760. The maximum atomic E-state index is 12.6. The van der Waals surface area contributed by atoms with Crippen LogP contribution in [-0.2, 0) is 16.1 Å². The van der Waals surface area contributed by atoms with E-state index in [1.165, 1.54) is 0 Å². The summed E-state index contributed by atoms with van der Waals surface area (Å²) < 4.78 is 5.54. The molecule has 0 spiro atoms. The number of rotatable bonds is 5. The lowest BCUT2D eigenvalue weighted by Crippen LogP contribution is -2.48. The quantitative estimate of drug-likeness (QED) is 0.906. The second kappa shape index (κ2) is 7.13. The van der Waals surface area contributed by atoms with Crippen LogP contribution in [0.4, 0.5) is 0 Å². The SMILES string of the molecule is CC(C)OCc1ccc(C(=O)N2CCCC(C)(C(=O)O)C2)cc1. The molecule has 1 aromatic carbocycles. The van der Waals surface area contributed by atoms with Crippen LogP contribution in [0.3, 0.4) is 0 Å². The number of piperidine rings is 1. The van der Waals surface area contributed by atoms with E-state index in [0.29, 0.717) is 25.1 Å². The van der Waals surface area contributed by atoms with Crippen molar-refractivity contribution in [3.63, 3.8) is 0 Å². The number of benzene rings is 1. The van der Waals surface area contributed by atoms with Gasteiger partial charge in [-0.2, -0.15) is 0 Å². The molecule has 1 heterocycles. The Labute approximate surface area is 137 Å². The number of carbonyl (C=O) groups excluding carboxylic acids is 1. The fourth-order valence-electron chi connectivity index (χ4n) is 2.78. The highest BCUT2D eigenvalue weighted by Gasteiger charge is 2.39. The second-order valence-electron chi connectivity index (χ2n) is 6.75. The minimum absolute atomic E-state index is 0.103. The highest BCUT2D eigenvalue weighted by molar-refractivity contribution is 5.94. The zero-order valence-corrected chi connectivity index (χ0v) is 14.0. The van der Waals surface area contributed by atoms with E-state index in [-0.39, 0.29) is 18.6 Å². The Kier molecular flexibility index (Phi) is 5.42. The van der Waals surface area contributed by atoms with E-state index in [2.05, 4.69) is 0 Å². The Morgan fingerprint density at radius 2 is 1.96 bits per heavy atom. The van der Waals surface area contributed by atoms with Gasteiger partial charge < -0.3 is 14.7 Å². The Balaban J connectivity index is 2.04. The van der Waals surface area contributed by atoms with Gasteiger partial charge in [0.25, 0.3) is 5.91 Å². The highest BCUT2D eigenvalue weighted by atomic mass is 16.5. The summed E-state index contributed by atoms with van der Waals surface area (Å²) in [7, 11) is 0. The van der Waals surface area contributed by atoms with Crippen LogP contribution >= 0.6 is 0 Å². The summed E-state index contributed by atoms with van der Waals surface area (Å²) >= 11 is 0. The van der Waals surface area contributed by atoms with Crippen molar-refractivity contribution in [3.05, 3.63) is 35.4 Å². The highest BCUT2D eigenvalue weighted by Crippen LogP contribution is 2.30. The predicted molar refractivity (Wildman–Crippen MR) is 87.2 cm³/mol. The molecule has 1 fully saturated rings. The topological polar surface area (TPSA) is 66.8 Å². The van der Waals surface area contributed by atoms with Crippen LogP contribution in [-0.4, -0.2) is 41.1 Å². The van der Waals surface area contributed by atoms with Crippen molar-refractivity contribution in [1.29, 1.82) is 0 Å². The van der Waals surface area contributed by atoms with Gasteiger partial charge in [-0.3, -0.25) is 9.59 Å². The lowest BCUT2D eigenvalue weighted by atomic mass is 9.82. The first-order valence-electron chi connectivity index (χ1n) is 8.05. The number of likely N-dealkylation sites (tertiary alicyclic amines) is 1. The summed E-state index contributed by atoms with van der Waals surface area (Å²) in [6, 6.07) is 7.34. The predicted octanol–water partition coefficient (Wildman–Crippen LogP) is 2.94. The second-order valence-corrected chi connectivity index (χ2v) is 6.75. The zero-order valence-electron chi connectivity index (χ0n) is 14.0. The summed E-state index contributed by atoms with van der Waals surface area (Å²) in [4.78, 5) is 25.6. The van der Waals surface area contributed by atoms with Crippen molar-refractivity contribution < 1.29 is 19.4 Å². The van der Waals surface area contributed by atoms with Crippen LogP contribution in [0, 0.1) is 5.41 Å². The molecule has 0 aliphatic carbocycles. The van der Waals surface area contributed by atoms with Gasteiger partial charge in [-0.15, -0.1) is 0 Å². The molecule has 1 aliphatic rings. The molecule has 0 saturated carbocycles. The van der Waals surface area contributed by atoms with Crippen LogP contribution in [0.15, 0.2) is 24.3 Å². The van der Waals surface area contributed by atoms with Crippen molar-refractivity contribution in [2.24, 2.45) is 5.41 Å². The van der Waals surface area contributed by atoms with Gasteiger partial charge in [0, 0.05) is 18.7 Å². The van der Waals surface area contributed by atoms with Gasteiger partial charge in [-0.05, 0) is 51.3 Å². The number of hydrogen-bond donors (Lipinski definition) is 1. The maximum Gasteiger partial charge on any atom is 0.311 e. The summed E-state index contributed by atoms with van der Waals surface area (Å²) in [5, 5.41) is 9.36. The molecule has 5 nitrogen and oxygen atoms in total. The van der Waals surface area contributed by atoms with Gasteiger partial charge in [0.15, 0.2) is 0 Å². The monoisotopic (exact) mass is 319 g/mol. The number of carboxylic acids is 1. The van der Waals surface area contributed by atoms with E-state index in [1.807, 2.05) is 26.0 Å². The third-order valence-electron chi connectivity index (χ3n) is 4.28. The van der Waals surface area contributed by atoms with Gasteiger partial charge in [0.2, 0.25) is 0 Å². The van der Waals surface area contributed by atoms with E-state index >= 15 is 0 Å². The lowest BCUT2D eigenvalue weighted by Gasteiger charge is -2.37. The summed E-state index contributed by atoms with van der Waals surface area (Å²) in [6.45, 7) is 7.06. The van der Waals surface area contributed by atoms with Gasteiger partial charge in [0.1, 0.15) is 0 Å². The average molecular weight is 319 g/mol. The first kappa shape index (κ1) is 17.5. The molecule has 1 atom stereocenters. The smallest absolute Gasteiger partial charge is 0.311 e. The molecule has 5 heteroatoms. The molecule has 1 aromatic rings. The van der Waals surface area contributed by atoms with Crippen LogP contribution in [0.2, 0.25) is 0 Å². The van der Waals surface area contributed by atoms with Crippen LogP contribution in [0.1, 0.15) is 49.5 Å². The number of carboxylic acid groups (broad SMARTS) is 1. The number of amides is 1. The van der Waals surface area contributed by atoms with Crippen LogP contribution in [0.5, 0.6) is 0 Å². The molecule has 1 amide bonds. The Bertz CT molecular complexity index is 567. The molecular formula is C18H25NO4. The van der Waals surface area contributed by atoms with E-state index in [0.717, 1.165) is 12.0 Å². The van der Waals surface area contributed by atoms with E-state index < -0.39 is 11.4 Å². The molecule has 1 aliphatic heterocycles. The number of aliphatic carboxylic acids is 1. The molecular weight excluding hydrogens is 294 g/mol. The van der Waals surface area contributed by atoms with E-state index in [1.54, 1.807) is 24.0 Å². The Morgan fingerprint density at radius 1 is 1.30 bits per heavy atom. The summed E-state index contributed by atoms with van der Waals surface area (Å²) in [6.07, 6.45) is 1.49. The third-order valence-corrected chi connectivity index (χ3v) is 4.28. The lowest BCUT2D eigenvalue weighted by molar-refractivity contribution is -0.150. The molecule has 2 rings (SSSR count). The number of ether oxygens (including phenoxy) is 1. The summed E-state index contributed by atoms with van der Waals surface area (Å²) in [5.74, 6) is -0.940. The van der Waals surface area contributed by atoms with Crippen LogP contribution in [0.25, 0.3) is 0 Å². The average Bonchev–Trinajstić information content (AvgIpc) is 2.52. The molecule has 1 N–H and O–H groups in total. The third kappa shape index (κ3) is 4.32. The van der Waals surface area contributed by atoms with Gasteiger partial charge in [-0.25, -0.2) is 0 Å². The molecule has 0 radical (unpaired) electrons. The first-order valence-corrected chi connectivity index (χ1v) is 8.05. The van der Waals surface area contributed by atoms with Crippen molar-refractivity contribution in [3.8, 4) is 0 Å². The molecule has 23 heavy (non-hydrogen) atoms. The maximum absolute atomic E-state index is 12.6. The standard InChI is InChI=1S/C18H25NO4/c1-13(2)23-11-14-5-7-15(8-6-14)16(20)19-10-4-9-18(3,12-19)17(21)22/h5-8,13H,4,9-12H2,1-3H3,(H,21,22). The largest absolute Gasteiger partial charge is 0.481 e. The van der Waals surface area contributed by atoms with Crippen molar-refractivity contribution in [2.75, 3.05) is 13.1 Å². The minimum atomic E-state index is -0.848. The van der Waals surface area contributed by atoms with Crippen LogP contribution < -0.4 is 0 Å². The number of carbonyl (C=O) groups is 2. The van der Waals surface area contributed by atoms with Gasteiger partial charge in [0.05, 0.1) is 18.1 Å². The van der Waals surface area contributed by atoms with Crippen molar-refractivity contribution >= 4 is 11.9 Å². The zero-order chi connectivity index (χ0) is 17.0. The Morgan fingerprint density at radius 3 is 2.52 bits per heavy atom. The number of nitrogens with zero attached hydrogens (tertiary/aromatic N) is 1. The van der Waals surface area contributed by atoms with Crippen molar-refractivity contribution in [1.82, 2.24) is 4.90 Å². The minimum Gasteiger partial charge on any atom is -0.481 e. The van der Waals surface area contributed by atoms with Crippen molar-refractivity contribution in [2.45, 2.75) is 46.3 Å². The van der Waals surface area contributed by atoms with Gasteiger partial charge in [-0.1, -0.05) is 12.1 Å². The molecule has 1 saturated heterocycles. The fourth-order valence-corrected chi connectivity index (χ4v) is 2.78. The molecule has 0 aromatic heterocycles. The number of hydrogen-bond acceptors (Lipinski definition) is 3.